The summed E-state index contributed by atoms with van der Waals surface area (Å²) in [5, 5.41) is 0. The molecule has 0 saturated heterocycles. The van der Waals surface area contributed by atoms with Crippen molar-refractivity contribution >= 4 is 0 Å². The number of hydrazine groups is 1. The zero-order chi connectivity index (χ0) is 15.2. The average Bonchev–Trinajstić information content (AvgIpc) is 2.53. The number of ether oxygens (including phenoxy) is 1. The van der Waals surface area contributed by atoms with Crippen LogP contribution in [0, 0.1) is 17.8 Å². The SMILES string of the molecule is COc1cccc(CC(NN)C2CCC(C(C)C)CC2)c1. The lowest BCUT2D eigenvalue weighted by Crippen LogP contribution is -2.44. The van der Waals surface area contributed by atoms with Gasteiger partial charge in [-0.1, -0.05) is 26.0 Å². The van der Waals surface area contributed by atoms with Crippen LogP contribution in [0.2, 0.25) is 0 Å². The molecule has 3 heteroatoms. The summed E-state index contributed by atoms with van der Waals surface area (Å²) >= 11 is 0. The summed E-state index contributed by atoms with van der Waals surface area (Å²) in [5.41, 5.74) is 4.36. The van der Waals surface area contributed by atoms with Gasteiger partial charge >= 0.3 is 0 Å². The molecule has 0 spiro atoms. The summed E-state index contributed by atoms with van der Waals surface area (Å²) in [6.07, 6.45) is 6.26. The van der Waals surface area contributed by atoms with E-state index in [0.29, 0.717) is 12.0 Å². The highest BCUT2D eigenvalue weighted by Crippen LogP contribution is 2.35. The van der Waals surface area contributed by atoms with E-state index in [4.69, 9.17) is 10.6 Å². The Labute approximate surface area is 129 Å². The van der Waals surface area contributed by atoms with E-state index in [-0.39, 0.29) is 0 Å². The number of benzene rings is 1. The fourth-order valence-corrected chi connectivity index (χ4v) is 3.63. The molecule has 0 aliphatic heterocycles. The van der Waals surface area contributed by atoms with Crippen LogP contribution in [-0.4, -0.2) is 13.2 Å². The number of hydrogen-bond acceptors (Lipinski definition) is 3. The smallest absolute Gasteiger partial charge is 0.119 e. The van der Waals surface area contributed by atoms with Crippen LogP contribution in [0.1, 0.15) is 45.1 Å². The maximum Gasteiger partial charge on any atom is 0.119 e. The Morgan fingerprint density at radius 2 is 1.86 bits per heavy atom. The van der Waals surface area contributed by atoms with Crippen molar-refractivity contribution in [3.63, 3.8) is 0 Å². The molecule has 1 aromatic rings. The molecule has 1 unspecified atom stereocenters. The summed E-state index contributed by atoms with van der Waals surface area (Å²) in [6.45, 7) is 4.69. The lowest BCUT2D eigenvalue weighted by atomic mass is 9.74. The van der Waals surface area contributed by atoms with Crippen LogP contribution in [0.4, 0.5) is 0 Å². The van der Waals surface area contributed by atoms with Crippen molar-refractivity contribution in [2.45, 2.75) is 52.0 Å². The third-order valence-corrected chi connectivity index (χ3v) is 5.13. The highest BCUT2D eigenvalue weighted by molar-refractivity contribution is 5.29. The third kappa shape index (κ3) is 4.45. The van der Waals surface area contributed by atoms with E-state index in [1.54, 1.807) is 7.11 Å². The van der Waals surface area contributed by atoms with E-state index in [1.807, 2.05) is 6.07 Å². The summed E-state index contributed by atoms with van der Waals surface area (Å²) in [6, 6.07) is 8.68. The molecule has 3 nitrogen and oxygen atoms in total. The molecule has 3 N–H and O–H groups in total. The summed E-state index contributed by atoms with van der Waals surface area (Å²) in [5.74, 6) is 9.16. The Morgan fingerprint density at radius 3 is 2.43 bits per heavy atom. The van der Waals surface area contributed by atoms with Crippen LogP contribution in [0.25, 0.3) is 0 Å². The molecule has 0 radical (unpaired) electrons. The van der Waals surface area contributed by atoms with E-state index in [9.17, 15) is 0 Å². The molecule has 1 fully saturated rings. The van der Waals surface area contributed by atoms with Crippen molar-refractivity contribution in [3.8, 4) is 5.75 Å². The molecule has 1 aliphatic carbocycles. The van der Waals surface area contributed by atoms with Crippen LogP contribution >= 0.6 is 0 Å². The van der Waals surface area contributed by atoms with Crippen LogP contribution in [0.5, 0.6) is 5.75 Å². The lowest BCUT2D eigenvalue weighted by molar-refractivity contribution is 0.188. The topological polar surface area (TPSA) is 47.3 Å². The molecule has 1 aliphatic rings. The Hall–Kier alpha value is -1.06. The van der Waals surface area contributed by atoms with Crippen molar-refractivity contribution in [1.29, 1.82) is 0 Å². The van der Waals surface area contributed by atoms with E-state index in [2.05, 4.69) is 37.5 Å². The van der Waals surface area contributed by atoms with Gasteiger partial charge in [0, 0.05) is 6.04 Å². The van der Waals surface area contributed by atoms with Crippen molar-refractivity contribution in [2.24, 2.45) is 23.6 Å². The quantitative estimate of drug-likeness (QED) is 0.622. The second-order valence-electron chi connectivity index (χ2n) is 6.75. The first-order valence-corrected chi connectivity index (χ1v) is 8.23. The molecule has 2 rings (SSSR count). The van der Waals surface area contributed by atoms with Crippen molar-refractivity contribution in [3.05, 3.63) is 29.8 Å². The second kappa shape index (κ2) is 7.81. The van der Waals surface area contributed by atoms with Gasteiger partial charge in [-0.25, -0.2) is 0 Å². The van der Waals surface area contributed by atoms with Gasteiger partial charge in [-0.3, -0.25) is 11.3 Å². The highest BCUT2D eigenvalue weighted by atomic mass is 16.5. The summed E-state index contributed by atoms with van der Waals surface area (Å²) in [4.78, 5) is 0. The first-order valence-electron chi connectivity index (χ1n) is 8.23. The fraction of sp³-hybridized carbons (Fsp3) is 0.667. The van der Waals surface area contributed by atoms with E-state index >= 15 is 0 Å². The van der Waals surface area contributed by atoms with Crippen molar-refractivity contribution < 1.29 is 4.74 Å². The van der Waals surface area contributed by atoms with E-state index < -0.39 is 0 Å². The molecule has 0 heterocycles. The zero-order valence-corrected chi connectivity index (χ0v) is 13.6. The molecule has 1 atom stereocenters. The molecular weight excluding hydrogens is 260 g/mol. The summed E-state index contributed by atoms with van der Waals surface area (Å²) in [7, 11) is 1.71. The summed E-state index contributed by atoms with van der Waals surface area (Å²) < 4.78 is 5.30. The van der Waals surface area contributed by atoms with Gasteiger partial charge in [-0.2, -0.15) is 0 Å². The maximum atomic E-state index is 5.84. The minimum absolute atomic E-state index is 0.366. The molecule has 0 amide bonds. The molecule has 118 valence electrons. The van der Waals surface area contributed by atoms with E-state index in [0.717, 1.165) is 24.0 Å². The third-order valence-electron chi connectivity index (χ3n) is 5.13. The number of rotatable bonds is 6. The Balaban J connectivity index is 1.94. The Bertz CT molecular complexity index is 425. The van der Waals surface area contributed by atoms with Crippen LogP contribution in [0.15, 0.2) is 24.3 Å². The molecule has 1 saturated carbocycles. The average molecular weight is 290 g/mol. The van der Waals surface area contributed by atoms with Gasteiger partial charge in [0.25, 0.3) is 0 Å². The minimum atomic E-state index is 0.366. The molecule has 0 aromatic heterocycles. The van der Waals surface area contributed by atoms with Gasteiger partial charge in [0.15, 0.2) is 0 Å². The molecule has 0 bridgehead atoms. The molecule has 1 aromatic carbocycles. The number of methoxy groups -OCH3 is 1. The number of nitrogens with one attached hydrogen (secondary N) is 1. The normalized spacial score (nSPS) is 24.0. The zero-order valence-electron chi connectivity index (χ0n) is 13.6. The van der Waals surface area contributed by atoms with Gasteiger partial charge in [0.05, 0.1) is 7.11 Å². The number of nitrogens with two attached hydrogens (primary N) is 1. The molecular formula is C18H30N2O. The van der Waals surface area contributed by atoms with Gasteiger partial charge < -0.3 is 4.74 Å². The van der Waals surface area contributed by atoms with Gasteiger partial charge in [0.2, 0.25) is 0 Å². The highest BCUT2D eigenvalue weighted by Gasteiger charge is 2.28. The predicted molar refractivity (Wildman–Crippen MR) is 88.1 cm³/mol. The first kappa shape index (κ1) is 16.3. The van der Waals surface area contributed by atoms with E-state index in [1.165, 1.54) is 31.2 Å². The van der Waals surface area contributed by atoms with Crippen LogP contribution in [0.3, 0.4) is 0 Å². The standard InChI is InChI=1S/C18H30N2O/c1-13(2)15-7-9-16(10-8-15)18(20-19)12-14-5-4-6-17(11-14)21-3/h4-6,11,13,15-16,18,20H,7-10,12,19H2,1-3H3. The monoisotopic (exact) mass is 290 g/mol. The number of hydrogen-bond donors (Lipinski definition) is 2. The fourth-order valence-electron chi connectivity index (χ4n) is 3.63. The van der Waals surface area contributed by atoms with Crippen LogP contribution < -0.4 is 16.0 Å². The van der Waals surface area contributed by atoms with Crippen LogP contribution in [-0.2, 0) is 6.42 Å². The van der Waals surface area contributed by atoms with Gasteiger partial charge in [0.1, 0.15) is 5.75 Å². The largest absolute Gasteiger partial charge is 0.497 e. The minimum Gasteiger partial charge on any atom is -0.497 e. The van der Waals surface area contributed by atoms with Crippen molar-refractivity contribution in [1.82, 2.24) is 5.43 Å². The lowest BCUT2D eigenvalue weighted by Gasteiger charge is -2.35. The molecule has 21 heavy (non-hydrogen) atoms. The van der Waals surface area contributed by atoms with Gasteiger partial charge in [-0.05, 0) is 67.6 Å². The Morgan fingerprint density at radius 1 is 1.19 bits per heavy atom. The van der Waals surface area contributed by atoms with Crippen molar-refractivity contribution in [2.75, 3.05) is 7.11 Å². The maximum absolute atomic E-state index is 5.84. The Kier molecular flexibility index (Phi) is 6.07. The van der Waals surface area contributed by atoms with Gasteiger partial charge in [-0.15, -0.1) is 0 Å². The second-order valence-corrected chi connectivity index (χ2v) is 6.75. The predicted octanol–water partition coefficient (Wildman–Crippen LogP) is 3.53. The first-order chi connectivity index (χ1) is 10.1.